The molecule has 1 aliphatic rings. The van der Waals surface area contributed by atoms with E-state index in [0.29, 0.717) is 12.6 Å². The Morgan fingerprint density at radius 1 is 1.42 bits per heavy atom. The lowest BCUT2D eigenvalue weighted by molar-refractivity contribution is 0.135. The normalized spacial score (nSPS) is 17.8. The zero-order valence-electron chi connectivity index (χ0n) is 11.7. The molecule has 104 valence electrons. The highest BCUT2D eigenvalue weighted by atomic mass is 16.5. The molecule has 2 N–H and O–H groups in total. The Hall–Kier alpha value is -1.32. The molecule has 3 nitrogen and oxygen atoms in total. The molecule has 0 aliphatic heterocycles. The summed E-state index contributed by atoms with van der Waals surface area (Å²) < 4.78 is 5.54. The number of hydrogen-bond donors (Lipinski definition) is 2. The second-order valence-electron chi connectivity index (χ2n) is 5.49. The zero-order valence-corrected chi connectivity index (χ0v) is 11.7. The Bertz CT molecular complexity index is 423. The summed E-state index contributed by atoms with van der Waals surface area (Å²) in [5.41, 5.74) is 1.91. The van der Waals surface area contributed by atoms with Gasteiger partial charge in [0.05, 0.1) is 6.10 Å². The molecule has 3 heteroatoms. The smallest absolute Gasteiger partial charge is 0.119 e. The maximum Gasteiger partial charge on any atom is 0.119 e. The van der Waals surface area contributed by atoms with Crippen molar-refractivity contribution in [1.29, 1.82) is 0 Å². The van der Waals surface area contributed by atoms with Gasteiger partial charge in [0.15, 0.2) is 0 Å². The van der Waals surface area contributed by atoms with Crippen molar-refractivity contribution in [3.05, 3.63) is 42.0 Å². The van der Waals surface area contributed by atoms with E-state index >= 15 is 0 Å². The topological polar surface area (TPSA) is 41.5 Å². The van der Waals surface area contributed by atoms with Crippen LogP contribution in [0.5, 0.6) is 5.75 Å². The van der Waals surface area contributed by atoms with E-state index in [1.807, 2.05) is 38.1 Å². The Labute approximate surface area is 115 Å². The molecule has 0 spiro atoms. The zero-order chi connectivity index (χ0) is 13.8. The highest BCUT2D eigenvalue weighted by Gasteiger charge is 2.26. The van der Waals surface area contributed by atoms with Gasteiger partial charge in [0.25, 0.3) is 0 Å². The number of nitrogens with one attached hydrogen (secondary N) is 1. The third-order valence-electron chi connectivity index (χ3n) is 3.26. The molecule has 0 saturated heterocycles. The summed E-state index contributed by atoms with van der Waals surface area (Å²) in [5, 5.41) is 13.7. The van der Waals surface area contributed by atoms with Gasteiger partial charge in [-0.25, -0.2) is 0 Å². The van der Waals surface area contributed by atoms with Crippen molar-refractivity contribution in [2.45, 2.75) is 44.9 Å². The van der Waals surface area contributed by atoms with Crippen LogP contribution in [0.15, 0.2) is 36.4 Å². The van der Waals surface area contributed by atoms with Crippen molar-refractivity contribution in [2.24, 2.45) is 0 Å². The van der Waals surface area contributed by atoms with E-state index in [1.54, 1.807) is 0 Å². The lowest BCUT2D eigenvalue weighted by atomic mass is 10.0. The molecule has 0 heterocycles. The fraction of sp³-hybridized carbons (Fsp3) is 0.500. The van der Waals surface area contributed by atoms with E-state index in [9.17, 15) is 5.11 Å². The summed E-state index contributed by atoms with van der Waals surface area (Å²) in [4.78, 5) is 0. The number of aliphatic hydroxyl groups is 1. The van der Waals surface area contributed by atoms with E-state index in [1.165, 1.54) is 12.8 Å². The SMILES string of the molecule is C=C(C)COc1ccc(C(O)C(C)NC2CC2)cc1. The van der Waals surface area contributed by atoms with Crippen LogP contribution >= 0.6 is 0 Å². The van der Waals surface area contributed by atoms with Crippen LogP contribution in [0.3, 0.4) is 0 Å². The first-order chi connectivity index (χ1) is 9.06. The van der Waals surface area contributed by atoms with Crippen LogP contribution in [0.1, 0.15) is 38.4 Å². The van der Waals surface area contributed by atoms with Crippen molar-refractivity contribution in [3.63, 3.8) is 0 Å². The number of hydrogen-bond acceptors (Lipinski definition) is 3. The van der Waals surface area contributed by atoms with Gasteiger partial charge in [-0.1, -0.05) is 18.7 Å². The van der Waals surface area contributed by atoms with E-state index in [-0.39, 0.29) is 6.04 Å². The van der Waals surface area contributed by atoms with Gasteiger partial charge in [0, 0.05) is 12.1 Å². The van der Waals surface area contributed by atoms with Gasteiger partial charge in [-0.05, 0) is 50.0 Å². The van der Waals surface area contributed by atoms with Crippen LogP contribution in [0.2, 0.25) is 0 Å². The average molecular weight is 261 g/mol. The summed E-state index contributed by atoms with van der Waals surface area (Å²) in [6.07, 6.45) is 1.98. The fourth-order valence-corrected chi connectivity index (χ4v) is 1.97. The van der Waals surface area contributed by atoms with E-state index in [0.717, 1.165) is 16.9 Å². The van der Waals surface area contributed by atoms with Crippen LogP contribution in [-0.2, 0) is 0 Å². The molecule has 0 amide bonds. The van der Waals surface area contributed by atoms with Crippen molar-refractivity contribution in [1.82, 2.24) is 5.32 Å². The number of aliphatic hydroxyl groups excluding tert-OH is 1. The van der Waals surface area contributed by atoms with Gasteiger partial charge in [-0.3, -0.25) is 0 Å². The minimum Gasteiger partial charge on any atom is -0.489 e. The number of benzene rings is 1. The van der Waals surface area contributed by atoms with Gasteiger partial charge in [-0.15, -0.1) is 0 Å². The summed E-state index contributed by atoms with van der Waals surface area (Å²) in [7, 11) is 0. The first-order valence-electron chi connectivity index (χ1n) is 6.87. The average Bonchev–Trinajstić information content (AvgIpc) is 3.20. The standard InChI is InChI=1S/C16H23NO2/c1-11(2)10-19-15-8-4-13(5-9-15)16(18)12(3)17-14-6-7-14/h4-5,8-9,12,14,16-18H,1,6-7,10H2,2-3H3. The summed E-state index contributed by atoms with van der Waals surface area (Å²) in [5.74, 6) is 0.807. The van der Waals surface area contributed by atoms with Gasteiger partial charge >= 0.3 is 0 Å². The fourth-order valence-electron chi connectivity index (χ4n) is 1.97. The maximum absolute atomic E-state index is 10.3. The van der Waals surface area contributed by atoms with Crippen molar-refractivity contribution >= 4 is 0 Å². The Balaban J connectivity index is 1.90. The third-order valence-corrected chi connectivity index (χ3v) is 3.26. The molecule has 0 radical (unpaired) electrons. The summed E-state index contributed by atoms with van der Waals surface area (Å²) in [6.45, 7) is 8.28. The van der Waals surface area contributed by atoms with Crippen LogP contribution in [0.4, 0.5) is 0 Å². The molecular weight excluding hydrogens is 238 g/mol. The lowest BCUT2D eigenvalue weighted by Gasteiger charge is -2.20. The lowest BCUT2D eigenvalue weighted by Crippen LogP contribution is -2.33. The molecule has 1 aliphatic carbocycles. The summed E-state index contributed by atoms with van der Waals surface area (Å²) in [6, 6.07) is 8.31. The molecule has 1 saturated carbocycles. The second kappa shape index (κ2) is 6.22. The quantitative estimate of drug-likeness (QED) is 0.742. The van der Waals surface area contributed by atoms with Crippen LogP contribution < -0.4 is 10.1 Å². The molecule has 2 unspecified atom stereocenters. The highest BCUT2D eigenvalue weighted by Crippen LogP contribution is 2.25. The molecule has 1 aromatic carbocycles. The van der Waals surface area contributed by atoms with E-state index in [2.05, 4.69) is 11.9 Å². The molecule has 2 atom stereocenters. The second-order valence-corrected chi connectivity index (χ2v) is 5.49. The van der Waals surface area contributed by atoms with E-state index < -0.39 is 6.10 Å². The largest absolute Gasteiger partial charge is 0.489 e. The predicted octanol–water partition coefficient (Wildman–Crippen LogP) is 2.82. The third kappa shape index (κ3) is 4.37. The van der Waals surface area contributed by atoms with Gasteiger partial charge in [0.1, 0.15) is 12.4 Å². The van der Waals surface area contributed by atoms with Gasteiger partial charge in [-0.2, -0.15) is 0 Å². The van der Waals surface area contributed by atoms with Crippen molar-refractivity contribution in [3.8, 4) is 5.75 Å². The Kier molecular flexibility index (Phi) is 4.61. The van der Waals surface area contributed by atoms with Crippen molar-refractivity contribution in [2.75, 3.05) is 6.61 Å². The molecule has 2 rings (SSSR count). The maximum atomic E-state index is 10.3. The highest BCUT2D eigenvalue weighted by molar-refractivity contribution is 5.29. The molecular formula is C16H23NO2. The number of rotatable bonds is 7. The summed E-state index contributed by atoms with van der Waals surface area (Å²) >= 11 is 0. The minimum atomic E-state index is -0.476. The minimum absolute atomic E-state index is 0.0784. The predicted molar refractivity (Wildman–Crippen MR) is 77.3 cm³/mol. The first-order valence-corrected chi connectivity index (χ1v) is 6.87. The Morgan fingerprint density at radius 3 is 2.58 bits per heavy atom. The first kappa shape index (κ1) is 14.1. The molecule has 19 heavy (non-hydrogen) atoms. The molecule has 0 aromatic heterocycles. The van der Waals surface area contributed by atoms with Gasteiger partial charge < -0.3 is 15.2 Å². The van der Waals surface area contributed by atoms with Crippen LogP contribution in [-0.4, -0.2) is 23.8 Å². The van der Waals surface area contributed by atoms with Crippen LogP contribution in [0, 0.1) is 0 Å². The Morgan fingerprint density at radius 2 is 2.05 bits per heavy atom. The molecule has 1 fully saturated rings. The van der Waals surface area contributed by atoms with Crippen LogP contribution in [0.25, 0.3) is 0 Å². The number of ether oxygens (including phenoxy) is 1. The van der Waals surface area contributed by atoms with E-state index in [4.69, 9.17) is 4.74 Å². The monoisotopic (exact) mass is 261 g/mol. The van der Waals surface area contributed by atoms with Crippen molar-refractivity contribution < 1.29 is 9.84 Å². The van der Waals surface area contributed by atoms with Gasteiger partial charge in [0.2, 0.25) is 0 Å². The molecule has 1 aromatic rings. The molecule has 0 bridgehead atoms.